The Morgan fingerprint density at radius 2 is 1.70 bits per heavy atom. The van der Waals surface area contributed by atoms with Crippen molar-refractivity contribution >= 4 is 5.69 Å². The van der Waals surface area contributed by atoms with Crippen LogP contribution in [-0.4, -0.2) is 26.5 Å². The molecule has 8 heteroatoms. The fraction of sp³-hybridized carbons (Fsp3) is 0.114. The number of benzene rings is 3. The molecule has 0 N–H and O–H groups in total. The normalized spacial score (nSPS) is 11.5. The Balaban J connectivity index is 0.000000362. The molecule has 0 fully saturated rings. The van der Waals surface area contributed by atoms with Crippen LogP contribution in [0.3, 0.4) is 0 Å². The fourth-order valence-corrected chi connectivity index (χ4v) is 4.12. The summed E-state index contributed by atoms with van der Waals surface area (Å²) < 4.78 is 7.66. The molecule has 5 aromatic rings. The second-order valence-corrected chi connectivity index (χ2v) is 9.22. The third-order valence-electron chi connectivity index (χ3n) is 6.29. The first-order chi connectivity index (χ1) is 19.9. The van der Waals surface area contributed by atoms with Crippen LogP contribution in [0.25, 0.3) is 22.4 Å². The molecule has 0 saturated carbocycles. The minimum absolute atomic E-state index is 0. The van der Waals surface area contributed by atoms with Gasteiger partial charge in [-0.25, -0.2) is 28.2 Å². The number of hydrogen-bond donors (Lipinski definition) is 0. The van der Waals surface area contributed by atoms with Crippen LogP contribution >= 0.6 is 0 Å². The van der Waals surface area contributed by atoms with Gasteiger partial charge >= 0.3 is 21.1 Å². The zero-order valence-corrected chi connectivity index (χ0v) is 28.4. The van der Waals surface area contributed by atoms with E-state index in [1.54, 1.807) is 16.8 Å². The maximum Gasteiger partial charge on any atom is 4.00 e. The zero-order valence-electron chi connectivity index (χ0n) is 23.9. The van der Waals surface area contributed by atoms with Gasteiger partial charge < -0.3 is 37.6 Å². The van der Waals surface area contributed by atoms with E-state index in [9.17, 15) is 0 Å². The second-order valence-electron chi connectivity index (χ2n) is 9.22. The van der Waals surface area contributed by atoms with Crippen LogP contribution in [0.5, 0.6) is 11.5 Å². The summed E-state index contributed by atoms with van der Waals surface area (Å²) in [5, 5.41) is 0. The average Bonchev–Trinajstić information content (AvgIpc) is 3.55. The summed E-state index contributed by atoms with van der Waals surface area (Å²) in [6.07, 6.45) is 12.6. The molecule has 0 spiro atoms. The van der Waals surface area contributed by atoms with Gasteiger partial charge in [-0.15, -0.1) is 30.0 Å². The molecule has 0 unspecified atom stereocenters. The van der Waals surface area contributed by atoms with E-state index in [4.69, 9.17) is 11.2 Å². The maximum absolute atomic E-state index is 6.91. The van der Waals surface area contributed by atoms with Crippen LogP contribution in [0.1, 0.15) is 17.2 Å². The molecule has 1 aliphatic heterocycles. The van der Waals surface area contributed by atoms with E-state index < -0.39 is 0 Å². The summed E-state index contributed by atoms with van der Waals surface area (Å²) in [5.74, 6) is 1.99. The Kier molecular flexibility index (Phi) is 12.1. The largest absolute Gasteiger partial charge is 4.00 e. The quantitative estimate of drug-likeness (QED) is 0.144. The molecule has 1 aliphatic rings. The molecule has 0 atom stereocenters. The van der Waals surface area contributed by atoms with E-state index in [1.807, 2.05) is 111 Å². The number of rotatable bonds is 5. The topological polar surface area (TPSA) is 46.4 Å². The van der Waals surface area contributed by atoms with Gasteiger partial charge in [-0.05, 0) is 46.4 Å². The van der Waals surface area contributed by atoms with Crippen LogP contribution in [0.2, 0.25) is 0 Å². The van der Waals surface area contributed by atoms with Gasteiger partial charge in [0, 0.05) is 32.5 Å². The Morgan fingerprint density at radius 3 is 2.35 bits per heavy atom. The van der Waals surface area contributed by atoms with Crippen LogP contribution in [0.4, 0.5) is 5.69 Å². The molecule has 0 amide bonds. The van der Waals surface area contributed by atoms with E-state index >= 15 is 0 Å². The fourth-order valence-electron chi connectivity index (χ4n) is 4.12. The molecule has 0 radical (unpaired) electrons. The molecule has 0 bridgehead atoms. The van der Waals surface area contributed by atoms with Gasteiger partial charge in [-0.2, -0.15) is 54.8 Å². The van der Waals surface area contributed by atoms with E-state index in [-0.39, 0.29) is 42.1 Å². The Labute approximate surface area is 283 Å². The van der Waals surface area contributed by atoms with E-state index in [2.05, 4.69) is 46.3 Å². The Hall–Kier alpha value is -3.90. The molecule has 2 aromatic heterocycles. The summed E-state index contributed by atoms with van der Waals surface area (Å²) in [7, 11) is 1.98. The van der Waals surface area contributed by atoms with E-state index in [0.29, 0.717) is 22.8 Å². The van der Waals surface area contributed by atoms with Gasteiger partial charge in [-0.1, -0.05) is 5.75 Å². The number of nitrogens with zero attached hydrogens (tertiary/aromatic N) is 5. The number of aromatic nitrogens is 3. The van der Waals surface area contributed by atoms with Gasteiger partial charge in [0.15, 0.2) is 0 Å². The first kappa shape index (κ1) is 33.6. The molecule has 6 rings (SSSR count). The first-order valence-corrected chi connectivity index (χ1v) is 12.9. The molecule has 43 heavy (non-hydrogen) atoms. The van der Waals surface area contributed by atoms with Crippen molar-refractivity contribution < 1.29 is 46.9 Å². The number of ether oxygens (including phenoxy) is 1. The van der Waals surface area contributed by atoms with E-state index in [1.165, 1.54) is 0 Å². The van der Waals surface area contributed by atoms with Crippen molar-refractivity contribution in [3.63, 3.8) is 0 Å². The molecule has 0 aliphatic carbocycles. The Bertz CT molecular complexity index is 1730. The predicted octanol–water partition coefficient (Wildman–Crippen LogP) is 6.75. The van der Waals surface area contributed by atoms with Crippen LogP contribution in [0.15, 0.2) is 79.3 Å². The third kappa shape index (κ3) is 8.35. The summed E-state index contributed by atoms with van der Waals surface area (Å²) in [6.45, 7) is 7.69. The molecular weight excluding hydrogens is 897 g/mol. The molecular formula is C35H26N5OPt2-3. The smallest absolute Gasteiger partial charge is 0.669 e. The number of anilines is 1. The SMILES string of the molecule is CN1C=CN(c2[c-]c(Oc3[c-]c(-c4[c-]c(-c5[c-]cccc5)ccn4)[c-]cc3)ccc2)[CH-]1.[C-]#Cn1c(C)nc(C)c1C.[Pt+4].[Pt]. The summed E-state index contributed by atoms with van der Waals surface area (Å²) >= 11 is 0. The number of imidazole rings is 1. The van der Waals surface area contributed by atoms with Crippen molar-refractivity contribution in [1.29, 1.82) is 0 Å². The van der Waals surface area contributed by atoms with Crippen molar-refractivity contribution in [2.24, 2.45) is 0 Å². The van der Waals surface area contributed by atoms with Crippen molar-refractivity contribution in [2.45, 2.75) is 20.8 Å². The molecule has 6 nitrogen and oxygen atoms in total. The first-order valence-electron chi connectivity index (χ1n) is 12.9. The average molecular weight is 923 g/mol. The van der Waals surface area contributed by atoms with Crippen LogP contribution in [0, 0.1) is 70.2 Å². The summed E-state index contributed by atoms with van der Waals surface area (Å²) in [4.78, 5) is 12.5. The minimum atomic E-state index is 0. The van der Waals surface area contributed by atoms with Gasteiger partial charge in [0.1, 0.15) is 5.82 Å². The van der Waals surface area contributed by atoms with Crippen molar-refractivity contribution in [2.75, 3.05) is 11.9 Å². The summed E-state index contributed by atoms with van der Waals surface area (Å²) in [6, 6.07) is 37.6. The number of hydrogen-bond acceptors (Lipinski definition) is 5. The molecule has 0 saturated heterocycles. The number of pyridine rings is 1. The van der Waals surface area contributed by atoms with Crippen molar-refractivity contribution in [3.05, 3.63) is 140 Å². The van der Waals surface area contributed by atoms with Crippen molar-refractivity contribution in [3.8, 4) is 39.9 Å². The molecule has 220 valence electrons. The van der Waals surface area contributed by atoms with Gasteiger partial charge in [0.05, 0.1) is 5.69 Å². The zero-order chi connectivity index (χ0) is 28.8. The maximum atomic E-state index is 6.91. The van der Waals surface area contributed by atoms with Gasteiger partial charge in [0.25, 0.3) is 0 Å². The molecule has 3 heterocycles. The second kappa shape index (κ2) is 15.5. The van der Waals surface area contributed by atoms with E-state index in [0.717, 1.165) is 34.0 Å². The summed E-state index contributed by atoms with van der Waals surface area (Å²) in [5.41, 5.74) is 6.07. The predicted molar refractivity (Wildman–Crippen MR) is 158 cm³/mol. The standard InChI is InChI=1S/C27H17N3O.C8H9N2.2Pt/c1-29-15-16-30(20-29)24-10-6-12-26(19-24)31-25-11-5-9-23(17-25)27-18-22(13-14-28-27)21-7-3-2-4-8-21;1-5-10-7(3)6(2)9-8(10)4;;/h2-7,10-16,20H,1H3;2-4H3;;/q-6;-1;;+4. The number of aryl methyl sites for hydroxylation is 2. The minimum Gasteiger partial charge on any atom is -0.669 e. The third-order valence-corrected chi connectivity index (χ3v) is 6.29. The monoisotopic (exact) mass is 922 g/mol. The van der Waals surface area contributed by atoms with Crippen LogP contribution < -0.4 is 9.64 Å². The van der Waals surface area contributed by atoms with Crippen molar-refractivity contribution in [1.82, 2.24) is 19.4 Å². The van der Waals surface area contributed by atoms with Crippen LogP contribution in [-0.2, 0) is 42.1 Å². The van der Waals surface area contributed by atoms with Gasteiger partial charge in [-0.3, -0.25) is 16.7 Å². The molecule has 3 aromatic carbocycles. The van der Waals surface area contributed by atoms with Gasteiger partial charge in [0.2, 0.25) is 0 Å². The Morgan fingerprint density at radius 1 is 0.884 bits per heavy atom.